The Labute approximate surface area is 143 Å². The first-order valence-corrected chi connectivity index (χ1v) is 8.87. The number of hydrogen-bond donors (Lipinski definition) is 1. The molecule has 3 rings (SSSR count). The van der Waals surface area contributed by atoms with E-state index in [2.05, 4.69) is 67.8 Å². The van der Waals surface area contributed by atoms with Gasteiger partial charge in [0.05, 0.1) is 15.2 Å². The van der Waals surface area contributed by atoms with Crippen LogP contribution in [0, 0.1) is 3.57 Å². The van der Waals surface area contributed by atoms with E-state index in [4.69, 9.17) is 5.73 Å². The van der Waals surface area contributed by atoms with Crippen molar-refractivity contribution in [2.75, 3.05) is 0 Å². The highest BCUT2D eigenvalue weighted by Gasteiger charge is 2.14. The third-order valence-electron chi connectivity index (χ3n) is 3.09. The Morgan fingerprint density at radius 3 is 2.85 bits per heavy atom. The van der Waals surface area contributed by atoms with Gasteiger partial charge in [-0.05, 0) is 58.5 Å². The predicted molar refractivity (Wildman–Crippen MR) is 97.1 cm³/mol. The van der Waals surface area contributed by atoms with Gasteiger partial charge in [0.1, 0.15) is 0 Å². The number of para-hydroxylation sites is 1. The molecule has 0 aliphatic carbocycles. The fraction of sp³-hybridized carbons (Fsp3) is 0.133. The average Bonchev–Trinajstić information content (AvgIpc) is 2.83. The number of thiazole rings is 1. The van der Waals surface area contributed by atoms with Gasteiger partial charge in [-0.15, -0.1) is 11.3 Å². The number of benzene rings is 2. The topological polar surface area (TPSA) is 38.9 Å². The molecule has 0 radical (unpaired) electrons. The van der Waals surface area contributed by atoms with E-state index >= 15 is 0 Å². The largest absolute Gasteiger partial charge is 0.324 e. The smallest absolute Gasteiger partial charge is 0.0957 e. The Hall–Kier alpha value is -0.500. The Bertz CT molecular complexity index is 723. The zero-order valence-corrected chi connectivity index (χ0v) is 15.1. The van der Waals surface area contributed by atoms with Crippen LogP contribution < -0.4 is 5.73 Å². The van der Waals surface area contributed by atoms with Gasteiger partial charge < -0.3 is 5.73 Å². The molecule has 2 aromatic carbocycles. The molecule has 0 bridgehead atoms. The highest BCUT2D eigenvalue weighted by atomic mass is 127. The van der Waals surface area contributed by atoms with Crippen LogP contribution in [0.25, 0.3) is 10.2 Å². The van der Waals surface area contributed by atoms with E-state index in [0.717, 1.165) is 27.0 Å². The molecular weight excluding hydrogens is 447 g/mol. The quantitative estimate of drug-likeness (QED) is 0.566. The van der Waals surface area contributed by atoms with Crippen molar-refractivity contribution in [3.63, 3.8) is 0 Å². The minimum atomic E-state index is -0.0420. The Morgan fingerprint density at radius 2 is 2.05 bits per heavy atom. The van der Waals surface area contributed by atoms with Crippen LogP contribution in [0.15, 0.2) is 46.9 Å². The van der Waals surface area contributed by atoms with Gasteiger partial charge in [0.25, 0.3) is 0 Å². The van der Waals surface area contributed by atoms with Crippen molar-refractivity contribution in [3.05, 3.63) is 61.1 Å². The van der Waals surface area contributed by atoms with Crippen LogP contribution in [0.1, 0.15) is 16.6 Å². The third-order valence-corrected chi connectivity index (χ3v) is 5.54. The number of rotatable bonds is 3. The normalized spacial score (nSPS) is 12.8. The molecule has 20 heavy (non-hydrogen) atoms. The maximum absolute atomic E-state index is 6.35. The molecule has 1 heterocycles. The highest BCUT2D eigenvalue weighted by Crippen LogP contribution is 2.29. The van der Waals surface area contributed by atoms with Gasteiger partial charge in [0.2, 0.25) is 0 Å². The van der Waals surface area contributed by atoms with E-state index < -0.39 is 0 Å². The highest BCUT2D eigenvalue weighted by molar-refractivity contribution is 14.1. The summed E-state index contributed by atoms with van der Waals surface area (Å²) in [5, 5.41) is 1.09. The molecule has 0 aliphatic heterocycles. The van der Waals surface area contributed by atoms with Gasteiger partial charge >= 0.3 is 0 Å². The SMILES string of the molecule is NC(Cc1nc2ccccc2s1)c1cc(I)ccc1Br. The average molecular weight is 459 g/mol. The van der Waals surface area contributed by atoms with Crippen LogP contribution >= 0.6 is 49.9 Å². The van der Waals surface area contributed by atoms with Gasteiger partial charge in [-0.25, -0.2) is 4.98 Å². The molecule has 5 heteroatoms. The first-order chi connectivity index (χ1) is 9.63. The van der Waals surface area contributed by atoms with Crippen LogP contribution in [0.5, 0.6) is 0 Å². The molecule has 3 aromatic rings. The molecule has 0 aliphatic rings. The van der Waals surface area contributed by atoms with Crippen molar-refractivity contribution in [2.45, 2.75) is 12.5 Å². The van der Waals surface area contributed by atoms with Crippen molar-refractivity contribution >= 4 is 60.1 Å². The van der Waals surface area contributed by atoms with Crippen LogP contribution in [-0.4, -0.2) is 4.98 Å². The van der Waals surface area contributed by atoms with Gasteiger partial charge in [-0.3, -0.25) is 0 Å². The van der Waals surface area contributed by atoms with Crippen molar-refractivity contribution in [3.8, 4) is 0 Å². The van der Waals surface area contributed by atoms with Gasteiger partial charge in [0, 0.05) is 20.5 Å². The number of aromatic nitrogens is 1. The summed E-state index contributed by atoms with van der Waals surface area (Å²) in [4.78, 5) is 4.65. The summed E-state index contributed by atoms with van der Waals surface area (Å²) in [6, 6.07) is 14.4. The van der Waals surface area contributed by atoms with Crippen molar-refractivity contribution in [2.24, 2.45) is 5.73 Å². The molecule has 0 spiro atoms. The van der Waals surface area contributed by atoms with Crippen molar-refractivity contribution < 1.29 is 0 Å². The molecule has 102 valence electrons. The summed E-state index contributed by atoms with van der Waals surface area (Å²) >= 11 is 7.61. The molecule has 1 atom stereocenters. The number of fused-ring (bicyclic) bond motifs is 1. The van der Waals surface area contributed by atoms with E-state index in [1.807, 2.05) is 18.2 Å². The van der Waals surface area contributed by atoms with Crippen LogP contribution in [0.3, 0.4) is 0 Å². The minimum absolute atomic E-state index is 0.0420. The third kappa shape index (κ3) is 3.05. The summed E-state index contributed by atoms with van der Waals surface area (Å²) in [7, 11) is 0. The van der Waals surface area contributed by atoms with E-state index in [9.17, 15) is 0 Å². The second kappa shape index (κ2) is 6.09. The first kappa shape index (κ1) is 14.4. The lowest BCUT2D eigenvalue weighted by atomic mass is 10.1. The number of nitrogens with two attached hydrogens (primary N) is 1. The molecule has 1 unspecified atom stereocenters. The molecule has 0 saturated heterocycles. The van der Waals surface area contributed by atoms with E-state index in [1.54, 1.807) is 11.3 Å². The Kier molecular flexibility index (Phi) is 4.40. The second-order valence-corrected chi connectivity index (χ2v) is 7.77. The summed E-state index contributed by atoms with van der Waals surface area (Å²) in [5.74, 6) is 0. The standard InChI is InChI=1S/C15H12BrIN2S/c16-11-6-5-9(17)7-10(11)12(18)8-15-19-13-3-1-2-4-14(13)20-15/h1-7,12H,8,18H2. The van der Waals surface area contributed by atoms with Crippen LogP contribution in [0.2, 0.25) is 0 Å². The summed E-state index contributed by atoms with van der Waals surface area (Å²) in [5.41, 5.74) is 8.54. The molecular formula is C15H12BrIN2S. The number of halogens is 2. The zero-order valence-electron chi connectivity index (χ0n) is 10.5. The second-order valence-electron chi connectivity index (χ2n) is 4.55. The minimum Gasteiger partial charge on any atom is -0.324 e. The summed E-state index contributed by atoms with van der Waals surface area (Å²) in [6.07, 6.45) is 0.762. The lowest BCUT2D eigenvalue weighted by molar-refractivity contribution is 0.715. The van der Waals surface area contributed by atoms with Gasteiger partial charge in [0.15, 0.2) is 0 Å². The Morgan fingerprint density at radius 1 is 1.25 bits per heavy atom. The zero-order chi connectivity index (χ0) is 14.1. The maximum Gasteiger partial charge on any atom is 0.0957 e. The molecule has 0 fully saturated rings. The Balaban J connectivity index is 1.88. The van der Waals surface area contributed by atoms with Gasteiger partial charge in [-0.2, -0.15) is 0 Å². The molecule has 2 nitrogen and oxygen atoms in total. The molecule has 1 aromatic heterocycles. The lowest BCUT2D eigenvalue weighted by Crippen LogP contribution is -2.14. The van der Waals surface area contributed by atoms with E-state index in [0.29, 0.717) is 0 Å². The summed E-state index contributed by atoms with van der Waals surface area (Å²) < 4.78 is 3.48. The fourth-order valence-electron chi connectivity index (χ4n) is 2.10. The number of nitrogens with zero attached hydrogens (tertiary/aromatic N) is 1. The monoisotopic (exact) mass is 458 g/mol. The predicted octanol–water partition coefficient (Wildman–Crippen LogP) is 4.91. The van der Waals surface area contributed by atoms with Crippen molar-refractivity contribution in [1.82, 2.24) is 4.98 Å². The van der Waals surface area contributed by atoms with E-state index in [-0.39, 0.29) is 6.04 Å². The fourth-order valence-corrected chi connectivity index (χ4v) is 4.19. The van der Waals surface area contributed by atoms with E-state index in [1.165, 1.54) is 8.27 Å². The number of hydrogen-bond acceptors (Lipinski definition) is 3. The van der Waals surface area contributed by atoms with Crippen LogP contribution in [-0.2, 0) is 6.42 Å². The van der Waals surface area contributed by atoms with Crippen molar-refractivity contribution in [1.29, 1.82) is 0 Å². The summed E-state index contributed by atoms with van der Waals surface area (Å²) in [6.45, 7) is 0. The van der Waals surface area contributed by atoms with Crippen LogP contribution in [0.4, 0.5) is 0 Å². The van der Waals surface area contributed by atoms with Gasteiger partial charge in [-0.1, -0.05) is 28.1 Å². The first-order valence-electron chi connectivity index (χ1n) is 6.18. The lowest BCUT2D eigenvalue weighted by Gasteiger charge is -2.12. The molecule has 2 N–H and O–H groups in total. The molecule has 0 saturated carbocycles. The maximum atomic E-state index is 6.35. The molecule has 0 amide bonds.